The average Bonchev–Trinajstić information content (AvgIpc) is 4.03. The standard InChI is InChI=1S/C20H25BrN4O.C13H18BrN3.C7H7NO2.C4H6O4.C2H3BO2.CH4.Na/c1-20(24-10-14-3-6-19(26-2)23-9-14)7-15-12-25(13-16(15)8-20)18-5-4-17(21)11-22-18;1-13(15)4-9-7-17(8-10(9)5-13)12-3-2-11(14)6-16-12;1-10-7-3-2-6(5-9)4-8-7;1-3(5)7-8-4(2)6;1-2(4)5-3;;/h3-6,9,11,15-16,24H,7-8,10,12-13H2,1-2H3;2-3,6,9-10H,4-5,7-8,15H2,1H3;2-5H,1H3;1-2H3;1H3;1H4;/q;;;;-1;;+1. The predicted octanol–water partition coefficient (Wildman–Crippen LogP) is 4.25. The molecule has 3 radical (unpaired) electrons. The third-order valence-corrected chi connectivity index (χ3v) is 12.3. The first-order chi connectivity index (χ1) is 31.3. The first-order valence-electron chi connectivity index (χ1n) is 21.3. The second-order valence-electron chi connectivity index (χ2n) is 17.1. The van der Waals surface area contributed by atoms with Crippen LogP contribution < -0.4 is 59.9 Å². The fourth-order valence-corrected chi connectivity index (χ4v) is 9.07. The first kappa shape index (κ1) is 59.9. The van der Waals surface area contributed by atoms with E-state index in [1.54, 1.807) is 19.2 Å². The Morgan fingerprint density at radius 2 is 1.13 bits per heavy atom. The van der Waals surface area contributed by atoms with Crippen LogP contribution in [0.15, 0.2) is 82.3 Å². The number of nitrogens with one attached hydrogen (secondary N) is 1. The number of halogens is 2. The zero-order valence-electron chi connectivity index (χ0n) is 39.4. The van der Waals surface area contributed by atoms with Crippen molar-refractivity contribution in [2.45, 2.75) is 85.4 Å². The van der Waals surface area contributed by atoms with Crippen LogP contribution in [0.1, 0.15) is 83.7 Å². The topological polar surface area (TPSA) is 211 Å². The molecule has 8 rings (SSSR count). The summed E-state index contributed by atoms with van der Waals surface area (Å²) in [4.78, 5) is 68.9. The summed E-state index contributed by atoms with van der Waals surface area (Å²) in [6.07, 6.45) is 12.6. The summed E-state index contributed by atoms with van der Waals surface area (Å²) in [7, 11) is 7.50. The molecule has 4 fully saturated rings. The van der Waals surface area contributed by atoms with E-state index in [4.69, 9.17) is 15.2 Å². The summed E-state index contributed by atoms with van der Waals surface area (Å²) < 4.78 is 15.6. The van der Waals surface area contributed by atoms with Gasteiger partial charge in [-0.2, -0.15) is 0 Å². The van der Waals surface area contributed by atoms with Gasteiger partial charge in [-0.1, -0.05) is 13.5 Å². The number of rotatable bonds is 8. The van der Waals surface area contributed by atoms with Gasteiger partial charge in [0.25, 0.3) is 0 Å². The maximum atomic E-state index is 10.1. The summed E-state index contributed by atoms with van der Waals surface area (Å²) in [6, 6.07) is 15.6. The van der Waals surface area contributed by atoms with Gasteiger partial charge in [0.05, 0.1) is 14.2 Å². The van der Waals surface area contributed by atoms with Crippen molar-refractivity contribution in [1.82, 2.24) is 25.3 Å². The third kappa shape index (κ3) is 20.0. The van der Waals surface area contributed by atoms with E-state index in [9.17, 15) is 19.2 Å². The predicted molar refractivity (Wildman–Crippen MR) is 263 cm³/mol. The number of carbonyl (C=O) groups excluding carboxylic acids is 4. The van der Waals surface area contributed by atoms with Crippen LogP contribution in [0.3, 0.4) is 0 Å². The van der Waals surface area contributed by atoms with Gasteiger partial charge < -0.3 is 43.0 Å². The molecule has 0 aromatic carbocycles. The van der Waals surface area contributed by atoms with Crippen molar-refractivity contribution in [2.75, 3.05) is 50.2 Å². The van der Waals surface area contributed by atoms with Crippen molar-refractivity contribution in [1.29, 1.82) is 0 Å². The number of nitrogens with zero attached hydrogens (tertiary/aromatic N) is 6. The molecule has 4 atom stereocenters. The van der Waals surface area contributed by atoms with Crippen molar-refractivity contribution in [2.24, 2.45) is 29.4 Å². The number of hydrogen-bond acceptors (Lipinski definition) is 17. The summed E-state index contributed by atoms with van der Waals surface area (Å²) in [5.74, 6) is 4.64. The maximum Gasteiger partial charge on any atom is 1.00 e. The van der Waals surface area contributed by atoms with E-state index in [1.165, 1.54) is 38.6 Å². The molecule has 2 aliphatic carbocycles. The third-order valence-electron chi connectivity index (χ3n) is 11.4. The van der Waals surface area contributed by atoms with Gasteiger partial charge in [0.1, 0.15) is 11.6 Å². The molecule has 4 aromatic heterocycles. The zero-order chi connectivity index (χ0) is 48.4. The summed E-state index contributed by atoms with van der Waals surface area (Å²) in [6.45, 7) is 13.4. The number of anilines is 2. The molecule has 17 nitrogen and oxygen atoms in total. The second kappa shape index (κ2) is 29.1. The van der Waals surface area contributed by atoms with E-state index in [0.29, 0.717) is 17.3 Å². The molecule has 2 aliphatic heterocycles. The van der Waals surface area contributed by atoms with Gasteiger partial charge in [0.2, 0.25) is 17.7 Å². The van der Waals surface area contributed by atoms with Crippen molar-refractivity contribution in [3.8, 4) is 11.8 Å². The molecular formula is C47H63BBr2N8NaO9. The molecule has 3 N–H and O–H groups in total. The minimum Gasteiger partial charge on any atom is -0.793 e. The fourth-order valence-electron chi connectivity index (χ4n) is 8.60. The number of pyridine rings is 4. The normalized spacial score (nSPS) is 22.3. The fraction of sp³-hybridized carbons (Fsp3) is 0.489. The Morgan fingerprint density at radius 1 is 0.706 bits per heavy atom. The van der Waals surface area contributed by atoms with Crippen molar-refractivity contribution >= 4 is 75.7 Å². The quantitative estimate of drug-likeness (QED) is 0.109. The summed E-state index contributed by atoms with van der Waals surface area (Å²) in [5, 5.41) is 3.78. The molecule has 6 heterocycles. The molecule has 0 amide bonds. The minimum absolute atomic E-state index is 0. The zero-order valence-corrected chi connectivity index (χ0v) is 44.6. The van der Waals surface area contributed by atoms with E-state index in [1.807, 2.05) is 24.7 Å². The van der Waals surface area contributed by atoms with Crippen LogP contribution in [-0.2, 0) is 35.4 Å². The van der Waals surface area contributed by atoms with Gasteiger partial charge in [-0.3, -0.25) is 9.59 Å². The van der Waals surface area contributed by atoms with Crippen LogP contribution in [0.25, 0.3) is 0 Å². The van der Waals surface area contributed by atoms with Crippen molar-refractivity contribution < 1.29 is 72.6 Å². The van der Waals surface area contributed by atoms with Crippen molar-refractivity contribution in [3.05, 3.63) is 93.4 Å². The Hall–Kier alpha value is -4.18. The second-order valence-corrected chi connectivity index (χ2v) is 19.0. The Balaban J connectivity index is 0.000000326. The summed E-state index contributed by atoms with van der Waals surface area (Å²) in [5.41, 5.74) is 8.25. The van der Waals surface area contributed by atoms with Gasteiger partial charge in [-0.15, -0.1) is 0 Å². The van der Waals surface area contributed by atoms with Gasteiger partial charge in [0.15, 0.2) is 6.29 Å². The van der Waals surface area contributed by atoms with E-state index < -0.39 is 17.9 Å². The molecule has 21 heteroatoms. The van der Waals surface area contributed by atoms with Crippen LogP contribution in [-0.4, -0.2) is 104 Å². The van der Waals surface area contributed by atoms with E-state index >= 15 is 0 Å². The Morgan fingerprint density at radius 3 is 1.46 bits per heavy atom. The molecule has 0 spiro atoms. The van der Waals surface area contributed by atoms with Crippen LogP contribution in [0, 0.1) is 23.7 Å². The van der Waals surface area contributed by atoms with Gasteiger partial charge in [-0.05, 0) is 131 Å². The number of nitrogens with two attached hydrogens (primary N) is 1. The number of ether oxygens (including phenoxy) is 2. The van der Waals surface area contributed by atoms with E-state index in [2.05, 4.69) is 134 Å². The Kier molecular flexibility index (Phi) is 25.7. The number of aromatic nitrogens is 4. The van der Waals surface area contributed by atoms with Crippen LogP contribution >= 0.6 is 31.9 Å². The van der Waals surface area contributed by atoms with Crippen LogP contribution in [0.2, 0.25) is 0 Å². The molecule has 4 aromatic rings. The molecule has 4 aliphatic rings. The van der Waals surface area contributed by atoms with E-state index in [-0.39, 0.29) is 48.1 Å². The van der Waals surface area contributed by atoms with Crippen LogP contribution in [0.4, 0.5) is 11.6 Å². The van der Waals surface area contributed by atoms with Gasteiger partial charge in [0, 0.05) is 116 Å². The Bertz CT molecular complexity index is 2120. The molecule has 2 saturated heterocycles. The SMILES string of the molecule is C.CC(=O)OOC(C)=O.CC1(N)CC2CN(c3ccc(Br)cn3)CC2C1.COc1ccc(C=O)cn1.COc1ccc(CNC2(C)CC3CN(c4ccc(Br)cn4)CC3C2)cn1.[B-]OC(C)=O.[Na+]. The minimum atomic E-state index is -0.639. The smallest absolute Gasteiger partial charge is 0.793 e. The number of fused-ring (bicyclic) bond motifs is 2. The molecule has 2 saturated carbocycles. The van der Waals surface area contributed by atoms with Crippen LogP contribution in [0.5, 0.6) is 11.8 Å². The molecule has 68 heavy (non-hydrogen) atoms. The van der Waals surface area contributed by atoms with Gasteiger partial charge >= 0.3 is 41.5 Å². The number of carbonyl (C=O) groups is 4. The molecular weight excluding hydrogens is 1010 g/mol. The molecule has 363 valence electrons. The monoisotopic (exact) mass is 1080 g/mol. The summed E-state index contributed by atoms with van der Waals surface area (Å²) >= 11 is 6.88. The van der Waals surface area contributed by atoms with E-state index in [0.717, 1.165) is 110 Å². The average molecular weight is 1080 g/mol. The molecule has 4 unspecified atom stereocenters. The largest absolute Gasteiger partial charge is 1.00 e. The maximum absolute atomic E-state index is 10.1. The van der Waals surface area contributed by atoms with Crippen molar-refractivity contribution in [3.63, 3.8) is 0 Å². The Labute approximate surface area is 440 Å². The number of hydrogen-bond donors (Lipinski definition) is 2. The molecule has 0 bridgehead atoms. The number of methoxy groups -OCH3 is 2. The number of aldehydes is 1. The van der Waals surface area contributed by atoms with Gasteiger partial charge in [-0.25, -0.2) is 39.3 Å². The first-order valence-corrected chi connectivity index (χ1v) is 22.9.